The normalized spacial score (nSPS) is 10.8. The highest BCUT2D eigenvalue weighted by Crippen LogP contribution is 2.27. The number of hydrogen-bond donors (Lipinski definition) is 2. The fourth-order valence-corrected chi connectivity index (χ4v) is 3.40. The Bertz CT molecular complexity index is 1330. The molecule has 0 aliphatic heterocycles. The summed E-state index contributed by atoms with van der Waals surface area (Å²) in [5, 5.41) is 15.5. The van der Waals surface area contributed by atoms with E-state index in [4.69, 9.17) is 21.1 Å². The Hall–Kier alpha value is -4.28. The van der Waals surface area contributed by atoms with Crippen LogP contribution in [0.3, 0.4) is 0 Å². The Balaban J connectivity index is 1.77. The summed E-state index contributed by atoms with van der Waals surface area (Å²) in [7, 11) is 1.51. The number of halogens is 1. The monoisotopic (exact) mass is 489 g/mol. The van der Waals surface area contributed by atoms with Gasteiger partial charge in [0, 0.05) is 16.3 Å². The third kappa shape index (κ3) is 6.62. The van der Waals surface area contributed by atoms with Gasteiger partial charge < -0.3 is 20.1 Å². The summed E-state index contributed by atoms with van der Waals surface area (Å²) in [4.78, 5) is 25.2. The van der Waals surface area contributed by atoms with Crippen molar-refractivity contribution in [3.63, 3.8) is 0 Å². The van der Waals surface area contributed by atoms with Gasteiger partial charge in [-0.1, -0.05) is 35.9 Å². The van der Waals surface area contributed by atoms with Crippen LogP contribution in [-0.2, 0) is 9.59 Å². The fourth-order valence-electron chi connectivity index (χ4n) is 3.22. The van der Waals surface area contributed by atoms with Gasteiger partial charge in [-0.15, -0.1) is 0 Å². The van der Waals surface area contributed by atoms with Crippen molar-refractivity contribution in [2.24, 2.45) is 0 Å². The van der Waals surface area contributed by atoms with Gasteiger partial charge in [0.25, 0.3) is 11.8 Å². The van der Waals surface area contributed by atoms with Crippen LogP contribution in [0.2, 0.25) is 5.02 Å². The van der Waals surface area contributed by atoms with Crippen LogP contribution in [0.5, 0.6) is 11.5 Å². The molecule has 0 radical (unpaired) electrons. The van der Waals surface area contributed by atoms with Crippen molar-refractivity contribution in [1.82, 2.24) is 0 Å². The molecule has 0 bridgehead atoms. The number of para-hydroxylation sites is 2. The number of benzene rings is 3. The highest BCUT2D eigenvalue weighted by Gasteiger charge is 2.14. The van der Waals surface area contributed by atoms with E-state index in [-0.39, 0.29) is 17.9 Å². The van der Waals surface area contributed by atoms with E-state index in [2.05, 4.69) is 10.6 Å². The predicted molar refractivity (Wildman–Crippen MR) is 137 cm³/mol. The Labute approximate surface area is 208 Å². The minimum Gasteiger partial charge on any atom is -0.495 e. The summed E-state index contributed by atoms with van der Waals surface area (Å²) in [5.74, 6) is -0.171. The van der Waals surface area contributed by atoms with Crippen LogP contribution in [0.15, 0.2) is 66.2 Å². The second kappa shape index (κ2) is 11.7. The van der Waals surface area contributed by atoms with Crippen molar-refractivity contribution in [3.05, 3.63) is 87.9 Å². The molecule has 0 aliphatic rings. The summed E-state index contributed by atoms with van der Waals surface area (Å²) in [5.41, 5.74) is 3.29. The van der Waals surface area contributed by atoms with Gasteiger partial charge in [-0.05, 0) is 67.4 Å². The van der Waals surface area contributed by atoms with Crippen molar-refractivity contribution < 1.29 is 19.1 Å². The number of amides is 2. The number of nitrogens with one attached hydrogen (secondary N) is 2. The lowest BCUT2D eigenvalue weighted by Crippen LogP contribution is -2.20. The van der Waals surface area contributed by atoms with Crippen molar-refractivity contribution in [2.75, 3.05) is 24.4 Å². The maximum Gasteiger partial charge on any atom is 0.266 e. The van der Waals surface area contributed by atoms with Gasteiger partial charge in [0.05, 0.1) is 12.8 Å². The average Bonchev–Trinajstić information content (AvgIpc) is 2.85. The number of hydrogen-bond acceptors (Lipinski definition) is 5. The SMILES string of the molecule is COc1ccccc1NC(=O)COc1ccc(Cl)cc1/C=C(/C#N)C(=O)Nc1cccc(C)c1C. The van der Waals surface area contributed by atoms with E-state index in [0.29, 0.717) is 27.7 Å². The molecule has 0 spiro atoms. The smallest absolute Gasteiger partial charge is 0.266 e. The van der Waals surface area contributed by atoms with E-state index in [1.165, 1.54) is 13.2 Å². The lowest BCUT2D eigenvalue weighted by atomic mass is 10.1. The third-order valence-electron chi connectivity index (χ3n) is 5.23. The van der Waals surface area contributed by atoms with Crippen LogP contribution in [0.25, 0.3) is 6.08 Å². The van der Waals surface area contributed by atoms with E-state index < -0.39 is 11.8 Å². The zero-order valence-corrected chi connectivity index (χ0v) is 20.3. The zero-order chi connectivity index (χ0) is 25.4. The van der Waals surface area contributed by atoms with Gasteiger partial charge in [0.1, 0.15) is 23.1 Å². The number of nitriles is 1. The molecule has 35 heavy (non-hydrogen) atoms. The Morgan fingerprint density at radius 1 is 1.00 bits per heavy atom. The second-order valence-electron chi connectivity index (χ2n) is 7.59. The van der Waals surface area contributed by atoms with E-state index >= 15 is 0 Å². The lowest BCUT2D eigenvalue weighted by Gasteiger charge is -2.13. The van der Waals surface area contributed by atoms with Gasteiger partial charge in [0.2, 0.25) is 0 Å². The highest BCUT2D eigenvalue weighted by atomic mass is 35.5. The standard InChI is InChI=1S/C27H24ClN3O4/c1-17-7-6-9-22(18(17)2)31-27(33)20(15-29)13-19-14-21(28)11-12-24(19)35-16-26(32)30-23-8-4-5-10-25(23)34-3/h4-14H,16H2,1-3H3,(H,30,32)(H,31,33)/b20-13-. The maximum atomic E-state index is 12.8. The number of aryl methyl sites for hydroxylation is 1. The molecule has 0 unspecified atom stereocenters. The number of methoxy groups -OCH3 is 1. The number of anilines is 2. The van der Waals surface area contributed by atoms with Crippen molar-refractivity contribution in [3.8, 4) is 17.6 Å². The molecule has 178 valence electrons. The first-order valence-electron chi connectivity index (χ1n) is 10.7. The van der Waals surface area contributed by atoms with Crippen LogP contribution in [0, 0.1) is 25.2 Å². The summed E-state index contributed by atoms with van der Waals surface area (Å²) in [6.07, 6.45) is 1.37. The summed E-state index contributed by atoms with van der Waals surface area (Å²) in [6, 6.07) is 19.2. The lowest BCUT2D eigenvalue weighted by molar-refractivity contribution is -0.118. The summed E-state index contributed by atoms with van der Waals surface area (Å²) < 4.78 is 10.9. The molecule has 8 heteroatoms. The van der Waals surface area contributed by atoms with Gasteiger partial charge in [-0.2, -0.15) is 5.26 Å². The average molecular weight is 490 g/mol. The zero-order valence-electron chi connectivity index (χ0n) is 19.5. The van der Waals surface area contributed by atoms with Gasteiger partial charge in [-0.25, -0.2) is 0 Å². The minimum absolute atomic E-state index is 0.142. The topological polar surface area (TPSA) is 100 Å². The Kier molecular flexibility index (Phi) is 8.49. The molecule has 2 N–H and O–H groups in total. The van der Waals surface area contributed by atoms with Gasteiger partial charge >= 0.3 is 0 Å². The number of carbonyl (C=O) groups is 2. The third-order valence-corrected chi connectivity index (χ3v) is 5.46. The molecule has 0 fully saturated rings. The molecule has 3 rings (SSSR count). The Morgan fingerprint density at radius 3 is 2.49 bits per heavy atom. The van der Waals surface area contributed by atoms with Crippen LogP contribution < -0.4 is 20.1 Å². The molecule has 3 aromatic carbocycles. The number of ether oxygens (including phenoxy) is 2. The summed E-state index contributed by atoms with van der Waals surface area (Å²) in [6.45, 7) is 3.52. The maximum absolute atomic E-state index is 12.8. The molecule has 0 saturated carbocycles. The van der Waals surface area contributed by atoms with Gasteiger partial charge in [0.15, 0.2) is 6.61 Å². The molecular formula is C27H24ClN3O4. The van der Waals surface area contributed by atoms with Crippen LogP contribution in [-0.4, -0.2) is 25.5 Å². The molecule has 0 aromatic heterocycles. The largest absolute Gasteiger partial charge is 0.495 e. The molecule has 0 saturated heterocycles. The van der Waals surface area contributed by atoms with Crippen molar-refractivity contribution in [1.29, 1.82) is 5.26 Å². The molecule has 7 nitrogen and oxygen atoms in total. The molecule has 2 amide bonds. The summed E-state index contributed by atoms with van der Waals surface area (Å²) >= 11 is 6.13. The van der Waals surface area contributed by atoms with Crippen LogP contribution in [0.4, 0.5) is 11.4 Å². The van der Waals surface area contributed by atoms with E-state index in [1.54, 1.807) is 48.5 Å². The highest BCUT2D eigenvalue weighted by molar-refractivity contribution is 6.30. The second-order valence-corrected chi connectivity index (χ2v) is 8.03. The minimum atomic E-state index is -0.568. The first kappa shape index (κ1) is 25.3. The van der Waals surface area contributed by atoms with Crippen LogP contribution >= 0.6 is 11.6 Å². The van der Waals surface area contributed by atoms with Crippen LogP contribution in [0.1, 0.15) is 16.7 Å². The number of carbonyl (C=O) groups excluding carboxylic acids is 2. The molecule has 3 aromatic rings. The quantitative estimate of drug-likeness (QED) is 0.320. The molecular weight excluding hydrogens is 466 g/mol. The molecule has 0 heterocycles. The predicted octanol–water partition coefficient (Wildman–Crippen LogP) is 5.53. The first-order valence-corrected chi connectivity index (χ1v) is 11.0. The number of rotatable bonds is 8. The van der Waals surface area contributed by atoms with E-state index in [0.717, 1.165) is 11.1 Å². The van der Waals surface area contributed by atoms with Crippen molar-refractivity contribution in [2.45, 2.75) is 13.8 Å². The van der Waals surface area contributed by atoms with E-state index in [1.807, 2.05) is 32.0 Å². The molecule has 0 atom stereocenters. The van der Waals surface area contributed by atoms with Gasteiger partial charge in [-0.3, -0.25) is 9.59 Å². The van der Waals surface area contributed by atoms with E-state index in [9.17, 15) is 14.9 Å². The first-order chi connectivity index (χ1) is 16.8. The van der Waals surface area contributed by atoms with Crippen molar-refractivity contribution >= 4 is 40.9 Å². The Morgan fingerprint density at radius 2 is 1.74 bits per heavy atom. The number of nitrogens with zero attached hydrogens (tertiary/aromatic N) is 1. The molecule has 0 aliphatic carbocycles. The fraction of sp³-hybridized carbons (Fsp3) is 0.148.